The minimum absolute atomic E-state index is 0.0466. The average Bonchev–Trinajstić information content (AvgIpc) is 2.45. The lowest BCUT2D eigenvalue weighted by Crippen LogP contribution is -2.19. The number of phenolic OH excluding ortho intramolecular Hbond substituents is 1. The molecule has 0 bridgehead atoms. The number of benzene rings is 2. The van der Waals surface area contributed by atoms with E-state index in [1.54, 1.807) is 12.1 Å². The zero-order valence-corrected chi connectivity index (χ0v) is 13.2. The molecule has 0 radical (unpaired) electrons. The average molecular weight is 368 g/mol. The maximum Gasteiger partial charge on any atom is 0.244 e. The number of phenols is 1. The molecule has 0 aromatic heterocycles. The number of nitrogens with one attached hydrogen (secondary N) is 1. The third kappa shape index (κ3) is 4.88. The molecule has 2 aromatic carbocycles. The highest BCUT2D eigenvalue weighted by atomic mass is 79.9. The summed E-state index contributed by atoms with van der Waals surface area (Å²) in [7, 11) is 0. The van der Waals surface area contributed by atoms with E-state index in [2.05, 4.69) is 26.5 Å². The van der Waals surface area contributed by atoms with E-state index in [9.17, 15) is 9.90 Å². The molecule has 0 saturated carbocycles. The van der Waals surface area contributed by atoms with Crippen molar-refractivity contribution in [3.8, 4) is 5.75 Å². The number of rotatable bonds is 4. The first-order chi connectivity index (χ1) is 10.0. The Bertz CT molecular complexity index is 672. The Kier molecular flexibility index (Phi) is 5.36. The lowest BCUT2D eigenvalue weighted by atomic mass is 10.1. The van der Waals surface area contributed by atoms with E-state index in [1.165, 1.54) is 12.3 Å². The molecule has 0 aliphatic carbocycles. The van der Waals surface area contributed by atoms with Crippen LogP contribution in [0.2, 0.25) is 5.02 Å². The van der Waals surface area contributed by atoms with Gasteiger partial charge in [0.1, 0.15) is 5.75 Å². The van der Waals surface area contributed by atoms with Crippen molar-refractivity contribution in [3.63, 3.8) is 0 Å². The lowest BCUT2D eigenvalue weighted by Gasteiger charge is -2.01. The molecule has 1 amide bonds. The second-order valence-electron chi connectivity index (χ2n) is 4.30. The van der Waals surface area contributed by atoms with Gasteiger partial charge in [0.15, 0.2) is 0 Å². The Labute approximate surface area is 135 Å². The lowest BCUT2D eigenvalue weighted by molar-refractivity contribution is -0.120. The van der Waals surface area contributed by atoms with Crippen molar-refractivity contribution >= 4 is 39.7 Å². The normalized spacial score (nSPS) is 10.8. The van der Waals surface area contributed by atoms with E-state index in [4.69, 9.17) is 11.6 Å². The number of hydrogen-bond acceptors (Lipinski definition) is 3. The summed E-state index contributed by atoms with van der Waals surface area (Å²) < 4.78 is 0.959. The van der Waals surface area contributed by atoms with Crippen LogP contribution in [0.4, 0.5) is 0 Å². The van der Waals surface area contributed by atoms with Gasteiger partial charge in [-0.1, -0.05) is 39.7 Å². The number of carbonyl (C=O) groups excluding carboxylic acids is 1. The summed E-state index contributed by atoms with van der Waals surface area (Å²) >= 11 is 9.15. The van der Waals surface area contributed by atoms with Gasteiger partial charge in [-0.15, -0.1) is 0 Å². The second-order valence-corrected chi connectivity index (χ2v) is 5.65. The van der Waals surface area contributed by atoms with E-state index in [1.807, 2.05) is 24.3 Å². The van der Waals surface area contributed by atoms with E-state index < -0.39 is 0 Å². The van der Waals surface area contributed by atoms with E-state index in [0.717, 1.165) is 10.0 Å². The number of carbonyl (C=O) groups is 1. The van der Waals surface area contributed by atoms with Gasteiger partial charge in [-0.2, -0.15) is 5.10 Å². The number of amides is 1. The quantitative estimate of drug-likeness (QED) is 0.642. The number of hydrazone groups is 1. The van der Waals surface area contributed by atoms with Crippen molar-refractivity contribution in [1.82, 2.24) is 5.43 Å². The first-order valence-electron chi connectivity index (χ1n) is 6.09. The van der Waals surface area contributed by atoms with Crippen LogP contribution in [0.3, 0.4) is 0 Å². The molecule has 4 nitrogen and oxygen atoms in total. The third-order valence-electron chi connectivity index (χ3n) is 2.66. The number of hydrogen-bond donors (Lipinski definition) is 2. The van der Waals surface area contributed by atoms with Crippen molar-refractivity contribution in [2.45, 2.75) is 6.42 Å². The monoisotopic (exact) mass is 366 g/mol. The molecule has 0 spiro atoms. The highest BCUT2D eigenvalue weighted by Crippen LogP contribution is 2.19. The summed E-state index contributed by atoms with van der Waals surface area (Å²) in [6.45, 7) is 0. The second kappa shape index (κ2) is 7.24. The van der Waals surface area contributed by atoms with Gasteiger partial charge in [0, 0.05) is 15.1 Å². The van der Waals surface area contributed by atoms with Crippen molar-refractivity contribution in [2.75, 3.05) is 0 Å². The summed E-state index contributed by atoms with van der Waals surface area (Å²) in [4.78, 5) is 11.7. The summed E-state index contributed by atoms with van der Waals surface area (Å²) in [5.74, 6) is -0.194. The number of nitrogens with zero attached hydrogens (tertiary/aromatic N) is 1. The van der Waals surface area contributed by atoms with Gasteiger partial charge in [0.2, 0.25) is 5.91 Å². The van der Waals surface area contributed by atoms with Crippen LogP contribution in [-0.2, 0) is 11.2 Å². The van der Waals surface area contributed by atoms with Crippen LogP contribution in [0, 0.1) is 0 Å². The van der Waals surface area contributed by atoms with E-state index in [0.29, 0.717) is 10.6 Å². The molecule has 0 saturated heterocycles. The predicted molar refractivity (Wildman–Crippen MR) is 86.7 cm³/mol. The fourth-order valence-corrected chi connectivity index (χ4v) is 2.07. The van der Waals surface area contributed by atoms with Crippen LogP contribution in [0.1, 0.15) is 11.1 Å². The highest BCUT2D eigenvalue weighted by Gasteiger charge is 2.02. The van der Waals surface area contributed by atoms with E-state index >= 15 is 0 Å². The maximum absolute atomic E-state index is 11.7. The maximum atomic E-state index is 11.7. The van der Waals surface area contributed by atoms with Crippen LogP contribution < -0.4 is 5.43 Å². The van der Waals surface area contributed by atoms with Gasteiger partial charge in [-0.3, -0.25) is 4.79 Å². The molecule has 0 fully saturated rings. The van der Waals surface area contributed by atoms with Gasteiger partial charge in [0.05, 0.1) is 12.6 Å². The fourth-order valence-electron chi connectivity index (χ4n) is 1.63. The first-order valence-corrected chi connectivity index (χ1v) is 7.26. The van der Waals surface area contributed by atoms with Crippen LogP contribution in [0.15, 0.2) is 52.0 Å². The van der Waals surface area contributed by atoms with Gasteiger partial charge in [-0.25, -0.2) is 5.43 Å². The minimum atomic E-state index is -0.241. The molecular formula is C15H12BrClN2O2. The topological polar surface area (TPSA) is 61.7 Å². The third-order valence-corrected chi connectivity index (χ3v) is 3.42. The Balaban J connectivity index is 1.93. The smallest absolute Gasteiger partial charge is 0.244 e. The number of aromatic hydroxyl groups is 1. The molecule has 0 atom stereocenters. The Morgan fingerprint density at radius 1 is 1.29 bits per heavy atom. The van der Waals surface area contributed by atoms with Crippen LogP contribution >= 0.6 is 27.5 Å². The molecular weight excluding hydrogens is 356 g/mol. The molecule has 2 N–H and O–H groups in total. The fraction of sp³-hybridized carbons (Fsp3) is 0.0667. The van der Waals surface area contributed by atoms with Gasteiger partial charge >= 0.3 is 0 Å². The zero-order valence-electron chi connectivity index (χ0n) is 10.9. The van der Waals surface area contributed by atoms with Crippen molar-refractivity contribution in [2.24, 2.45) is 5.10 Å². The molecule has 0 heterocycles. The zero-order chi connectivity index (χ0) is 15.2. The number of halogens is 2. The van der Waals surface area contributed by atoms with Crippen LogP contribution in [0.25, 0.3) is 0 Å². The minimum Gasteiger partial charge on any atom is -0.507 e. The van der Waals surface area contributed by atoms with Gasteiger partial charge in [0.25, 0.3) is 0 Å². The van der Waals surface area contributed by atoms with Crippen LogP contribution in [-0.4, -0.2) is 17.2 Å². The predicted octanol–water partition coefficient (Wildman–Crippen LogP) is 3.50. The molecule has 6 heteroatoms. The SMILES string of the molecule is O=C(Cc1ccc(Br)cc1)N/N=C/c1cc(Cl)ccc1O. The van der Waals surface area contributed by atoms with E-state index in [-0.39, 0.29) is 18.1 Å². The Hall–Kier alpha value is -1.85. The summed E-state index contributed by atoms with van der Waals surface area (Å²) in [6.07, 6.45) is 1.58. The summed E-state index contributed by atoms with van der Waals surface area (Å²) in [5, 5.41) is 13.9. The molecule has 108 valence electrons. The van der Waals surface area contributed by atoms with Crippen molar-refractivity contribution in [3.05, 3.63) is 63.1 Å². The molecule has 2 rings (SSSR count). The van der Waals surface area contributed by atoms with Crippen molar-refractivity contribution in [1.29, 1.82) is 0 Å². The molecule has 21 heavy (non-hydrogen) atoms. The highest BCUT2D eigenvalue weighted by molar-refractivity contribution is 9.10. The molecule has 0 aliphatic rings. The molecule has 0 aliphatic heterocycles. The summed E-state index contributed by atoms with van der Waals surface area (Å²) in [5.41, 5.74) is 3.73. The van der Waals surface area contributed by atoms with Gasteiger partial charge in [-0.05, 0) is 35.9 Å². The van der Waals surface area contributed by atoms with Crippen LogP contribution in [0.5, 0.6) is 5.75 Å². The van der Waals surface area contributed by atoms with Gasteiger partial charge < -0.3 is 5.11 Å². The Morgan fingerprint density at radius 3 is 2.71 bits per heavy atom. The summed E-state index contributed by atoms with van der Waals surface area (Å²) in [6, 6.07) is 12.0. The largest absolute Gasteiger partial charge is 0.507 e. The molecule has 0 unspecified atom stereocenters. The first kappa shape index (κ1) is 15.5. The standard InChI is InChI=1S/C15H12BrClN2O2/c16-12-3-1-10(2-4-12)7-15(21)19-18-9-11-8-13(17)5-6-14(11)20/h1-6,8-9,20H,7H2,(H,19,21)/b18-9+. The molecule has 2 aromatic rings. The Morgan fingerprint density at radius 2 is 2.00 bits per heavy atom. The van der Waals surface area contributed by atoms with Crippen molar-refractivity contribution < 1.29 is 9.90 Å².